The highest BCUT2D eigenvalue weighted by molar-refractivity contribution is 7.92. The molecule has 1 saturated heterocycles. The van der Waals surface area contributed by atoms with Gasteiger partial charge in [-0.1, -0.05) is 12.1 Å². The first kappa shape index (κ1) is 19.6. The van der Waals surface area contributed by atoms with Crippen molar-refractivity contribution >= 4 is 39.1 Å². The molecule has 2 N–H and O–H groups in total. The highest BCUT2D eigenvalue weighted by atomic mass is 32.2. The quantitative estimate of drug-likeness (QED) is 0.719. The topological polar surface area (TPSA) is 113 Å². The van der Waals surface area contributed by atoms with Crippen LogP contribution in [0.5, 0.6) is 0 Å². The summed E-state index contributed by atoms with van der Waals surface area (Å²) in [4.78, 5) is 36.9. The standard InChI is InChI=1S/C19H19N3O5S/c1-28(26,27)21-16-8-6-15(7-9-16)20-19(25)14-4-2-13(3-5-14)12-22-17(23)10-11-18(22)24/h2-9,21H,10-12H2,1H3,(H,20,25). The summed E-state index contributed by atoms with van der Waals surface area (Å²) in [5, 5.41) is 2.72. The average molecular weight is 401 g/mol. The van der Waals surface area contributed by atoms with Crippen LogP contribution >= 0.6 is 0 Å². The summed E-state index contributed by atoms with van der Waals surface area (Å²) in [5.74, 6) is -0.690. The second-order valence-electron chi connectivity index (χ2n) is 6.48. The maximum Gasteiger partial charge on any atom is 0.255 e. The van der Waals surface area contributed by atoms with Crippen molar-refractivity contribution in [2.75, 3.05) is 16.3 Å². The van der Waals surface area contributed by atoms with Crippen LogP contribution in [-0.2, 0) is 26.2 Å². The lowest BCUT2D eigenvalue weighted by Crippen LogP contribution is -2.28. The first-order valence-electron chi connectivity index (χ1n) is 8.52. The van der Waals surface area contributed by atoms with Gasteiger partial charge in [0.05, 0.1) is 12.8 Å². The summed E-state index contributed by atoms with van der Waals surface area (Å²) < 4.78 is 24.7. The Labute approximate surface area is 162 Å². The number of carbonyl (C=O) groups excluding carboxylic acids is 3. The Bertz CT molecular complexity index is 999. The number of carbonyl (C=O) groups is 3. The molecule has 0 saturated carbocycles. The van der Waals surface area contributed by atoms with Crippen LogP contribution < -0.4 is 10.0 Å². The van der Waals surface area contributed by atoms with Gasteiger partial charge in [-0.25, -0.2) is 8.42 Å². The SMILES string of the molecule is CS(=O)(=O)Nc1ccc(NC(=O)c2ccc(CN3C(=O)CCC3=O)cc2)cc1. The van der Waals surface area contributed by atoms with Crippen molar-refractivity contribution < 1.29 is 22.8 Å². The first-order valence-corrected chi connectivity index (χ1v) is 10.4. The molecule has 3 amide bonds. The monoisotopic (exact) mass is 401 g/mol. The van der Waals surface area contributed by atoms with E-state index < -0.39 is 10.0 Å². The fourth-order valence-electron chi connectivity index (χ4n) is 2.78. The van der Waals surface area contributed by atoms with Crippen molar-refractivity contribution in [3.63, 3.8) is 0 Å². The van der Waals surface area contributed by atoms with Crippen molar-refractivity contribution in [2.24, 2.45) is 0 Å². The number of rotatable bonds is 6. The van der Waals surface area contributed by atoms with E-state index in [2.05, 4.69) is 10.0 Å². The van der Waals surface area contributed by atoms with Crippen LogP contribution in [0.3, 0.4) is 0 Å². The number of sulfonamides is 1. The minimum absolute atomic E-state index is 0.180. The summed E-state index contributed by atoms with van der Waals surface area (Å²) in [7, 11) is -3.36. The number of hydrogen-bond donors (Lipinski definition) is 2. The molecule has 28 heavy (non-hydrogen) atoms. The van der Waals surface area contributed by atoms with Crippen LogP contribution in [0, 0.1) is 0 Å². The van der Waals surface area contributed by atoms with Crippen LogP contribution in [0.2, 0.25) is 0 Å². The van der Waals surface area contributed by atoms with E-state index in [1.165, 1.54) is 4.90 Å². The van der Waals surface area contributed by atoms with E-state index in [0.717, 1.165) is 11.8 Å². The van der Waals surface area contributed by atoms with Gasteiger partial charge < -0.3 is 5.32 Å². The van der Waals surface area contributed by atoms with Gasteiger partial charge in [0.25, 0.3) is 5.91 Å². The molecule has 1 aliphatic heterocycles. The zero-order chi connectivity index (χ0) is 20.3. The van der Waals surface area contributed by atoms with Gasteiger partial charge in [-0.2, -0.15) is 0 Å². The number of nitrogens with zero attached hydrogens (tertiary/aromatic N) is 1. The van der Waals surface area contributed by atoms with E-state index in [1.54, 1.807) is 48.5 Å². The molecule has 8 nitrogen and oxygen atoms in total. The lowest BCUT2D eigenvalue weighted by Gasteiger charge is -2.14. The number of nitrogens with one attached hydrogen (secondary N) is 2. The van der Waals surface area contributed by atoms with Gasteiger partial charge in [-0.05, 0) is 42.0 Å². The van der Waals surface area contributed by atoms with E-state index in [4.69, 9.17) is 0 Å². The Kier molecular flexibility index (Phi) is 5.46. The number of hydrogen-bond acceptors (Lipinski definition) is 5. The second kappa shape index (κ2) is 7.81. The lowest BCUT2D eigenvalue weighted by atomic mass is 10.1. The molecule has 1 aliphatic rings. The number of anilines is 2. The molecular weight excluding hydrogens is 382 g/mol. The molecule has 2 aromatic rings. The van der Waals surface area contributed by atoms with Crippen molar-refractivity contribution in [3.8, 4) is 0 Å². The van der Waals surface area contributed by atoms with Crippen LogP contribution in [-0.4, -0.2) is 37.3 Å². The molecule has 9 heteroatoms. The summed E-state index contributed by atoms with van der Waals surface area (Å²) in [6.07, 6.45) is 1.55. The zero-order valence-electron chi connectivity index (χ0n) is 15.1. The highest BCUT2D eigenvalue weighted by Gasteiger charge is 2.28. The molecule has 2 aromatic carbocycles. The van der Waals surface area contributed by atoms with Crippen LogP contribution in [0.4, 0.5) is 11.4 Å². The smallest absolute Gasteiger partial charge is 0.255 e. The minimum atomic E-state index is -3.36. The normalized spacial score (nSPS) is 14.2. The summed E-state index contributed by atoms with van der Waals surface area (Å²) in [5.41, 5.74) is 2.09. The van der Waals surface area contributed by atoms with Crippen molar-refractivity contribution in [1.82, 2.24) is 4.90 Å². The Morgan fingerprint density at radius 3 is 2.00 bits per heavy atom. The summed E-state index contributed by atoms with van der Waals surface area (Å²) in [6, 6.07) is 12.9. The van der Waals surface area contributed by atoms with E-state index >= 15 is 0 Å². The lowest BCUT2D eigenvalue weighted by molar-refractivity contribution is -0.139. The van der Waals surface area contributed by atoms with E-state index in [1.807, 2.05) is 0 Å². The number of likely N-dealkylation sites (tertiary alicyclic amines) is 1. The van der Waals surface area contributed by atoms with Gasteiger partial charge in [0.1, 0.15) is 0 Å². The molecule has 0 unspecified atom stereocenters. The Morgan fingerprint density at radius 2 is 1.46 bits per heavy atom. The molecule has 0 spiro atoms. The molecule has 1 fully saturated rings. The minimum Gasteiger partial charge on any atom is -0.322 e. The summed E-state index contributed by atoms with van der Waals surface area (Å²) in [6.45, 7) is 0.203. The first-order chi connectivity index (χ1) is 13.2. The average Bonchev–Trinajstić information content (AvgIpc) is 2.95. The maximum absolute atomic E-state index is 12.3. The molecule has 1 heterocycles. The fraction of sp³-hybridized carbons (Fsp3) is 0.211. The molecule has 0 bridgehead atoms. The van der Waals surface area contributed by atoms with Gasteiger partial charge in [0, 0.05) is 29.8 Å². The van der Waals surface area contributed by atoms with Crippen LogP contribution in [0.1, 0.15) is 28.8 Å². The highest BCUT2D eigenvalue weighted by Crippen LogP contribution is 2.18. The Balaban J connectivity index is 1.61. The second-order valence-corrected chi connectivity index (χ2v) is 8.22. The van der Waals surface area contributed by atoms with Gasteiger partial charge in [-0.15, -0.1) is 0 Å². The molecule has 3 rings (SSSR count). The third kappa shape index (κ3) is 4.95. The van der Waals surface area contributed by atoms with Crippen LogP contribution in [0.15, 0.2) is 48.5 Å². The van der Waals surface area contributed by atoms with E-state index in [-0.39, 0.29) is 37.1 Å². The molecule has 0 aliphatic carbocycles. The molecule has 0 radical (unpaired) electrons. The predicted molar refractivity (Wildman–Crippen MR) is 104 cm³/mol. The van der Waals surface area contributed by atoms with Gasteiger partial charge >= 0.3 is 0 Å². The van der Waals surface area contributed by atoms with Gasteiger partial charge in [0.2, 0.25) is 21.8 Å². The van der Waals surface area contributed by atoms with Crippen LogP contribution in [0.25, 0.3) is 0 Å². The number of benzene rings is 2. The number of amides is 3. The van der Waals surface area contributed by atoms with Crippen molar-refractivity contribution in [2.45, 2.75) is 19.4 Å². The van der Waals surface area contributed by atoms with Gasteiger partial charge in [0.15, 0.2) is 0 Å². The third-order valence-electron chi connectivity index (χ3n) is 4.16. The largest absolute Gasteiger partial charge is 0.322 e. The number of imide groups is 1. The third-order valence-corrected chi connectivity index (χ3v) is 4.76. The van der Waals surface area contributed by atoms with Crippen molar-refractivity contribution in [1.29, 1.82) is 0 Å². The molecule has 0 atom stereocenters. The van der Waals surface area contributed by atoms with Gasteiger partial charge in [-0.3, -0.25) is 24.0 Å². The van der Waals surface area contributed by atoms with E-state index in [9.17, 15) is 22.8 Å². The zero-order valence-corrected chi connectivity index (χ0v) is 16.0. The maximum atomic E-state index is 12.3. The predicted octanol–water partition coefficient (Wildman–Crippen LogP) is 1.96. The fourth-order valence-corrected chi connectivity index (χ4v) is 3.35. The molecular formula is C19H19N3O5S. The molecule has 0 aromatic heterocycles. The molecule has 146 valence electrons. The Morgan fingerprint density at radius 1 is 0.929 bits per heavy atom. The summed E-state index contributed by atoms with van der Waals surface area (Å²) >= 11 is 0. The Hall–Kier alpha value is -3.20. The van der Waals surface area contributed by atoms with E-state index in [0.29, 0.717) is 16.9 Å². The van der Waals surface area contributed by atoms with Crippen molar-refractivity contribution in [3.05, 3.63) is 59.7 Å².